The highest BCUT2D eigenvalue weighted by Crippen LogP contribution is 2.22. The topological polar surface area (TPSA) is 86.5 Å². The first-order valence-electron chi connectivity index (χ1n) is 6.77. The summed E-state index contributed by atoms with van der Waals surface area (Å²) >= 11 is 0. The van der Waals surface area contributed by atoms with Crippen LogP contribution in [0.5, 0.6) is 6.01 Å². The molecule has 0 unspecified atom stereocenters. The van der Waals surface area contributed by atoms with Crippen molar-refractivity contribution in [2.24, 2.45) is 5.92 Å². The predicted molar refractivity (Wildman–Crippen MR) is 73.9 cm³/mol. The lowest BCUT2D eigenvalue weighted by Crippen LogP contribution is -2.17. The summed E-state index contributed by atoms with van der Waals surface area (Å²) in [6.07, 6.45) is 0. The molecule has 9 heteroatoms. The number of aromatic nitrogens is 3. The van der Waals surface area contributed by atoms with E-state index in [4.69, 9.17) is 9.47 Å². The van der Waals surface area contributed by atoms with E-state index in [0.29, 0.717) is 6.07 Å². The summed E-state index contributed by atoms with van der Waals surface area (Å²) in [7, 11) is 0. The van der Waals surface area contributed by atoms with E-state index in [1.165, 1.54) is 0 Å². The quantitative estimate of drug-likeness (QED) is 0.645. The second kappa shape index (κ2) is 7.03. The van der Waals surface area contributed by atoms with Gasteiger partial charge in [-0.15, -0.1) is 0 Å². The molecule has 0 aliphatic carbocycles. The lowest BCUT2D eigenvalue weighted by molar-refractivity contribution is -0.147. The molecule has 7 nitrogen and oxygen atoms in total. The van der Waals surface area contributed by atoms with Gasteiger partial charge in [-0.25, -0.2) is 13.6 Å². The van der Waals surface area contributed by atoms with E-state index in [1.807, 2.05) is 13.8 Å². The number of hydrogen-bond acceptors (Lipinski definition) is 6. The van der Waals surface area contributed by atoms with Gasteiger partial charge >= 0.3 is 12.0 Å². The Labute approximate surface area is 130 Å². The molecule has 0 aliphatic heterocycles. The Morgan fingerprint density at radius 1 is 1.39 bits per heavy atom. The van der Waals surface area contributed by atoms with Crippen molar-refractivity contribution < 1.29 is 28.3 Å². The fraction of sp³-hybridized carbons (Fsp3) is 0.357. The van der Waals surface area contributed by atoms with Crippen LogP contribution in [-0.4, -0.2) is 39.3 Å². The Hall–Kier alpha value is -2.71. The smallest absolute Gasteiger partial charge is 0.344 e. The van der Waals surface area contributed by atoms with Crippen LogP contribution in [0, 0.1) is 17.6 Å². The number of benzene rings is 1. The van der Waals surface area contributed by atoms with Crippen molar-refractivity contribution in [3.05, 3.63) is 29.8 Å². The van der Waals surface area contributed by atoms with Crippen molar-refractivity contribution in [3.63, 3.8) is 0 Å². The number of esters is 1. The zero-order chi connectivity index (χ0) is 17.0. The van der Waals surface area contributed by atoms with Crippen LogP contribution in [-0.2, 0) is 9.53 Å². The summed E-state index contributed by atoms with van der Waals surface area (Å²) < 4.78 is 36.4. The number of carbonyl (C=O) groups excluding carboxylic acids is 1. The van der Waals surface area contributed by atoms with E-state index >= 15 is 0 Å². The second-order valence-corrected chi connectivity index (χ2v) is 5.10. The van der Waals surface area contributed by atoms with Gasteiger partial charge in [0.25, 0.3) is 0 Å². The summed E-state index contributed by atoms with van der Waals surface area (Å²) in [6.45, 7) is 3.55. The molecule has 0 fully saturated rings. The normalized spacial score (nSPS) is 10.8. The predicted octanol–water partition coefficient (Wildman–Crippen LogP) is 2.04. The Balaban J connectivity index is 2.05. The third-order valence-electron chi connectivity index (χ3n) is 2.64. The van der Waals surface area contributed by atoms with Crippen LogP contribution < -0.4 is 4.74 Å². The molecule has 0 saturated heterocycles. The fourth-order valence-electron chi connectivity index (χ4n) is 1.61. The minimum atomic E-state index is -0.921. The maximum absolute atomic E-state index is 13.7. The third-order valence-corrected chi connectivity index (χ3v) is 2.64. The van der Waals surface area contributed by atoms with Crippen LogP contribution in [0.1, 0.15) is 13.8 Å². The minimum Gasteiger partial charge on any atom is -0.463 e. The average Bonchev–Trinajstić information content (AvgIpc) is 2.84. The molecule has 0 saturated carbocycles. The lowest BCUT2D eigenvalue weighted by Gasteiger charge is -2.06. The molecule has 2 aromatic rings. The summed E-state index contributed by atoms with van der Waals surface area (Å²) in [4.78, 5) is 15.4. The van der Waals surface area contributed by atoms with Crippen LogP contribution in [0.3, 0.4) is 0 Å². The molecule has 0 aliphatic rings. The first-order chi connectivity index (χ1) is 10.9. The number of hydrogen-bond donors (Lipinski definition) is 1. The van der Waals surface area contributed by atoms with Gasteiger partial charge in [0.1, 0.15) is 11.6 Å². The Morgan fingerprint density at radius 3 is 2.78 bits per heavy atom. The van der Waals surface area contributed by atoms with Crippen molar-refractivity contribution in [1.29, 1.82) is 0 Å². The van der Waals surface area contributed by atoms with Gasteiger partial charge < -0.3 is 14.7 Å². The molecule has 1 aromatic carbocycles. The van der Waals surface area contributed by atoms with Crippen molar-refractivity contribution in [3.8, 4) is 17.4 Å². The van der Waals surface area contributed by atoms with Crippen LogP contribution in [0.25, 0.3) is 11.4 Å². The molecule has 1 aromatic heterocycles. The van der Waals surface area contributed by atoms with Crippen molar-refractivity contribution in [1.82, 2.24) is 14.9 Å². The summed E-state index contributed by atoms with van der Waals surface area (Å²) in [5.41, 5.74) is -0.168. The Morgan fingerprint density at radius 2 is 2.13 bits per heavy atom. The first-order valence-corrected chi connectivity index (χ1v) is 6.77. The van der Waals surface area contributed by atoms with E-state index in [2.05, 4.69) is 10.1 Å². The molecule has 0 radical (unpaired) electrons. The van der Waals surface area contributed by atoms with E-state index in [1.54, 1.807) is 0 Å². The maximum Gasteiger partial charge on any atom is 0.344 e. The zero-order valence-electron chi connectivity index (χ0n) is 12.5. The monoisotopic (exact) mass is 327 g/mol. The van der Waals surface area contributed by atoms with E-state index in [0.717, 1.165) is 12.1 Å². The highest BCUT2D eigenvalue weighted by Gasteiger charge is 2.17. The van der Waals surface area contributed by atoms with Gasteiger partial charge in [0, 0.05) is 6.07 Å². The van der Waals surface area contributed by atoms with Gasteiger partial charge in [-0.3, -0.25) is 0 Å². The lowest BCUT2D eigenvalue weighted by atomic mass is 10.2. The molecule has 0 bridgehead atoms. The zero-order valence-corrected chi connectivity index (χ0v) is 12.5. The van der Waals surface area contributed by atoms with Crippen molar-refractivity contribution in [2.45, 2.75) is 13.8 Å². The fourth-order valence-corrected chi connectivity index (χ4v) is 1.61. The molecule has 1 N–H and O–H groups in total. The van der Waals surface area contributed by atoms with Gasteiger partial charge in [0.2, 0.25) is 5.82 Å². The standard InChI is InChI=1S/C14H15F2N3O4/c1-8(2)6-22-12(20)7-23-14-17-13(19(21)18-14)10-4-3-9(15)5-11(10)16/h3-5,8,21H,6-7H2,1-2H3. The molecule has 1 heterocycles. The van der Waals surface area contributed by atoms with Crippen molar-refractivity contribution >= 4 is 5.97 Å². The molecule has 0 spiro atoms. The van der Waals surface area contributed by atoms with Gasteiger partial charge in [0.15, 0.2) is 6.61 Å². The van der Waals surface area contributed by atoms with Crippen LogP contribution >= 0.6 is 0 Å². The molecule has 2 rings (SSSR count). The highest BCUT2D eigenvalue weighted by molar-refractivity contribution is 5.71. The summed E-state index contributed by atoms with van der Waals surface area (Å²) in [5.74, 6) is -2.41. The number of nitrogens with zero attached hydrogens (tertiary/aromatic N) is 3. The Bertz CT molecular complexity index is 703. The van der Waals surface area contributed by atoms with Gasteiger partial charge in [-0.2, -0.15) is 4.98 Å². The van der Waals surface area contributed by atoms with E-state index < -0.39 is 24.2 Å². The molecule has 0 atom stereocenters. The minimum absolute atomic E-state index is 0.168. The number of halogens is 2. The van der Waals surface area contributed by atoms with Gasteiger partial charge in [-0.1, -0.05) is 23.8 Å². The summed E-state index contributed by atoms with van der Waals surface area (Å²) in [6, 6.07) is 2.42. The second-order valence-electron chi connectivity index (χ2n) is 5.10. The third kappa shape index (κ3) is 4.38. The van der Waals surface area contributed by atoms with Crippen LogP contribution in [0.4, 0.5) is 8.78 Å². The largest absolute Gasteiger partial charge is 0.463 e. The molecule has 23 heavy (non-hydrogen) atoms. The summed E-state index contributed by atoms with van der Waals surface area (Å²) in [5, 5.41) is 13.1. The van der Waals surface area contributed by atoms with E-state index in [9.17, 15) is 18.8 Å². The maximum atomic E-state index is 13.7. The van der Waals surface area contributed by atoms with Crippen LogP contribution in [0.15, 0.2) is 18.2 Å². The first kappa shape index (κ1) is 16.7. The molecule has 0 amide bonds. The molecule has 124 valence electrons. The number of ether oxygens (including phenoxy) is 2. The SMILES string of the molecule is CC(C)COC(=O)COc1nc(-c2ccc(F)cc2F)n(O)n1. The van der Waals surface area contributed by atoms with E-state index in [-0.39, 0.29) is 34.8 Å². The average molecular weight is 327 g/mol. The molecular weight excluding hydrogens is 312 g/mol. The van der Waals surface area contributed by atoms with Gasteiger partial charge in [0.05, 0.1) is 12.2 Å². The van der Waals surface area contributed by atoms with Gasteiger partial charge in [-0.05, 0) is 18.1 Å². The van der Waals surface area contributed by atoms with Crippen molar-refractivity contribution in [2.75, 3.05) is 13.2 Å². The van der Waals surface area contributed by atoms with Crippen LogP contribution in [0.2, 0.25) is 0 Å². The highest BCUT2D eigenvalue weighted by atomic mass is 19.1. The Kier molecular flexibility index (Phi) is 5.09. The number of carbonyl (C=O) groups is 1. The number of rotatable bonds is 6. The molecular formula is C14H15F2N3O4.